The Balaban J connectivity index is 0.000000924. The molecule has 0 atom stereocenters. The minimum atomic E-state index is -0.680. The van der Waals surface area contributed by atoms with Gasteiger partial charge in [-0.15, -0.1) is 0 Å². The van der Waals surface area contributed by atoms with Gasteiger partial charge in [-0.25, -0.2) is 4.79 Å². The highest BCUT2D eigenvalue weighted by atomic mass is 16.5. The van der Waals surface area contributed by atoms with Crippen LogP contribution in [0.5, 0.6) is 0 Å². The van der Waals surface area contributed by atoms with Crippen molar-refractivity contribution < 1.29 is 23.5 Å². The smallest absolute Gasteiger partial charge is 0.342 e. The molecule has 0 radical (unpaired) electrons. The molecule has 0 fully saturated rings. The van der Waals surface area contributed by atoms with E-state index in [9.17, 15) is 14.4 Å². The maximum Gasteiger partial charge on any atom is 0.342 e. The number of ether oxygens (including phenoxy) is 1. The van der Waals surface area contributed by atoms with E-state index in [0.717, 1.165) is 0 Å². The molecule has 2 heterocycles. The van der Waals surface area contributed by atoms with E-state index >= 15 is 0 Å². The molecular formula is C17H17NO5. The molecule has 6 heteroatoms. The molecule has 0 bridgehead atoms. The average Bonchev–Trinajstić information content (AvgIpc) is 2.92. The van der Waals surface area contributed by atoms with E-state index in [1.54, 1.807) is 13.0 Å². The van der Waals surface area contributed by atoms with E-state index in [1.807, 2.05) is 13.8 Å². The molecule has 3 rings (SSSR count). The topological polar surface area (TPSA) is 86.5 Å². The fourth-order valence-electron chi connectivity index (χ4n) is 2.38. The lowest BCUT2D eigenvalue weighted by Crippen LogP contribution is -2.23. The van der Waals surface area contributed by atoms with Crippen LogP contribution in [-0.2, 0) is 4.74 Å². The second kappa shape index (κ2) is 6.56. The van der Waals surface area contributed by atoms with Gasteiger partial charge >= 0.3 is 5.97 Å². The molecule has 0 N–H and O–H groups in total. The van der Waals surface area contributed by atoms with Gasteiger partial charge in [0, 0.05) is 6.20 Å². The Morgan fingerprint density at radius 1 is 1.26 bits per heavy atom. The summed E-state index contributed by atoms with van der Waals surface area (Å²) in [6.45, 7) is 7.34. The molecule has 2 aromatic heterocycles. The zero-order valence-corrected chi connectivity index (χ0v) is 13.4. The lowest BCUT2D eigenvalue weighted by Gasteiger charge is -2.12. The summed E-state index contributed by atoms with van der Waals surface area (Å²) in [5, 5.41) is 0. The number of rotatable bonds is 2. The van der Waals surface area contributed by atoms with E-state index in [4.69, 9.17) is 9.15 Å². The van der Waals surface area contributed by atoms with Gasteiger partial charge in [0.2, 0.25) is 11.6 Å². The predicted molar refractivity (Wildman–Crippen MR) is 81.9 cm³/mol. The molecule has 6 nitrogen and oxygen atoms in total. The van der Waals surface area contributed by atoms with Crippen molar-refractivity contribution in [2.24, 2.45) is 0 Å². The summed E-state index contributed by atoms with van der Waals surface area (Å²) >= 11 is 0. The van der Waals surface area contributed by atoms with Crippen molar-refractivity contribution >= 4 is 17.5 Å². The Morgan fingerprint density at radius 3 is 2.61 bits per heavy atom. The van der Waals surface area contributed by atoms with Crippen molar-refractivity contribution in [1.82, 2.24) is 4.98 Å². The first-order valence-electron chi connectivity index (χ1n) is 7.41. The summed E-state index contributed by atoms with van der Waals surface area (Å²) in [6, 6.07) is 3.07. The van der Waals surface area contributed by atoms with Crippen LogP contribution in [0.1, 0.15) is 69.1 Å². The van der Waals surface area contributed by atoms with Gasteiger partial charge in [-0.2, -0.15) is 0 Å². The molecule has 120 valence electrons. The van der Waals surface area contributed by atoms with Crippen LogP contribution in [0, 0.1) is 6.92 Å². The standard InChI is InChI=1S/C15H11NO5.C2H6/c1-3-20-15(19)9-7(2)21-14-10(9)13(18)11-8(12(14)17)5-4-6-16-11;1-2/h4-6H,3H2,1-2H3;1-2H3. The molecule has 0 unspecified atom stereocenters. The molecule has 2 aromatic rings. The fourth-order valence-corrected chi connectivity index (χ4v) is 2.38. The number of esters is 1. The second-order valence-electron chi connectivity index (χ2n) is 4.52. The number of carbonyl (C=O) groups is 3. The van der Waals surface area contributed by atoms with Crippen LogP contribution in [0.15, 0.2) is 22.7 Å². The van der Waals surface area contributed by atoms with Crippen LogP contribution in [-0.4, -0.2) is 29.1 Å². The third kappa shape index (κ3) is 2.56. The zero-order valence-electron chi connectivity index (χ0n) is 13.4. The average molecular weight is 315 g/mol. The van der Waals surface area contributed by atoms with Crippen molar-refractivity contribution in [3.8, 4) is 0 Å². The van der Waals surface area contributed by atoms with Crippen molar-refractivity contribution in [2.45, 2.75) is 27.7 Å². The van der Waals surface area contributed by atoms with E-state index in [0.29, 0.717) is 0 Å². The molecule has 0 aliphatic heterocycles. The minimum Gasteiger partial charge on any atom is -0.462 e. The molecule has 0 saturated carbocycles. The third-order valence-electron chi connectivity index (χ3n) is 3.26. The molecule has 23 heavy (non-hydrogen) atoms. The fraction of sp³-hybridized carbons (Fsp3) is 0.294. The summed E-state index contributed by atoms with van der Waals surface area (Å²) in [5.74, 6) is -1.57. The number of fused-ring (bicyclic) bond motifs is 2. The normalized spacial score (nSPS) is 12.0. The number of hydrogen-bond donors (Lipinski definition) is 0. The maximum atomic E-state index is 12.5. The van der Waals surface area contributed by atoms with Crippen molar-refractivity contribution in [3.63, 3.8) is 0 Å². The Morgan fingerprint density at radius 2 is 1.96 bits per heavy atom. The molecule has 0 aromatic carbocycles. The lowest BCUT2D eigenvalue weighted by atomic mass is 9.90. The monoisotopic (exact) mass is 315 g/mol. The number of carbonyl (C=O) groups excluding carboxylic acids is 3. The molecule has 1 aliphatic carbocycles. The van der Waals surface area contributed by atoms with E-state index < -0.39 is 17.5 Å². The minimum absolute atomic E-state index is 0.00139. The highest BCUT2D eigenvalue weighted by Gasteiger charge is 2.39. The molecule has 0 saturated heterocycles. The number of ketones is 2. The number of furan rings is 1. The van der Waals surface area contributed by atoms with Crippen molar-refractivity contribution in [3.05, 3.63) is 52.2 Å². The molecule has 0 amide bonds. The summed E-state index contributed by atoms with van der Waals surface area (Å²) < 4.78 is 10.3. The van der Waals surface area contributed by atoms with Gasteiger partial charge in [0.15, 0.2) is 5.76 Å². The summed E-state index contributed by atoms with van der Waals surface area (Å²) in [4.78, 5) is 40.8. The van der Waals surface area contributed by atoms with Gasteiger partial charge < -0.3 is 9.15 Å². The Labute approximate surface area is 133 Å². The SMILES string of the molecule is CC.CCOC(=O)c1c(C)oc2c1C(=O)c1ncccc1C2=O. The first-order chi connectivity index (χ1) is 11.1. The Kier molecular flexibility index (Phi) is 4.74. The number of nitrogens with zero attached hydrogens (tertiary/aromatic N) is 1. The molecule has 0 spiro atoms. The Hall–Kier alpha value is -2.76. The van der Waals surface area contributed by atoms with Crippen LogP contribution in [0.2, 0.25) is 0 Å². The van der Waals surface area contributed by atoms with Crippen LogP contribution >= 0.6 is 0 Å². The predicted octanol–water partition coefficient (Wildman–Crippen LogP) is 2.96. The van der Waals surface area contributed by atoms with Crippen LogP contribution in [0.4, 0.5) is 0 Å². The quantitative estimate of drug-likeness (QED) is 0.676. The lowest BCUT2D eigenvalue weighted by molar-refractivity contribution is 0.0521. The van der Waals surface area contributed by atoms with Gasteiger partial charge in [0.05, 0.1) is 17.7 Å². The number of aromatic nitrogens is 1. The first kappa shape index (κ1) is 16.6. The number of aryl methyl sites for hydroxylation is 1. The highest BCUT2D eigenvalue weighted by molar-refractivity contribution is 6.29. The summed E-state index contributed by atoms with van der Waals surface area (Å²) in [6.07, 6.45) is 1.42. The number of hydrogen-bond acceptors (Lipinski definition) is 6. The van der Waals surface area contributed by atoms with E-state index in [2.05, 4.69) is 4.98 Å². The summed E-state index contributed by atoms with van der Waals surface area (Å²) in [7, 11) is 0. The zero-order chi connectivity index (χ0) is 17.1. The van der Waals surface area contributed by atoms with Gasteiger partial charge in [0.1, 0.15) is 17.0 Å². The molecule has 1 aliphatic rings. The van der Waals surface area contributed by atoms with Crippen LogP contribution in [0.3, 0.4) is 0 Å². The highest BCUT2D eigenvalue weighted by Crippen LogP contribution is 2.32. The van der Waals surface area contributed by atoms with Crippen molar-refractivity contribution in [2.75, 3.05) is 6.61 Å². The van der Waals surface area contributed by atoms with Gasteiger partial charge in [-0.1, -0.05) is 13.8 Å². The van der Waals surface area contributed by atoms with Crippen molar-refractivity contribution in [1.29, 1.82) is 0 Å². The van der Waals surface area contributed by atoms with Crippen LogP contribution < -0.4 is 0 Å². The number of pyridine rings is 1. The third-order valence-corrected chi connectivity index (χ3v) is 3.26. The first-order valence-corrected chi connectivity index (χ1v) is 7.41. The Bertz CT molecular complexity index is 788. The van der Waals surface area contributed by atoms with Crippen LogP contribution in [0.25, 0.3) is 0 Å². The van der Waals surface area contributed by atoms with E-state index in [1.165, 1.54) is 19.2 Å². The second-order valence-corrected chi connectivity index (χ2v) is 4.52. The van der Waals surface area contributed by atoms with Gasteiger partial charge in [0.25, 0.3) is 0 Å². The van der Waals surface area contributed by atoms with Gasteiger partial charge in [-0.3, -0.25) is 14.6 Å². The van der Waals surface area contributed by atoms with E-state index in [-0.39, 0.29) is 40.5 Å². The largest absolute Gasteiger partial charge is 0.462 e. The maximum absolute atomic E-state index is 12.5. The summed E-state index contributed by atoms with van der Waals surface area (Å²) in [5.41, 5.74) is 0.157. The molecular weight excluding hydrogens is 298 g/mol. The van der Waals surface area contributed by atoms with Gasteiger partial charge in [-0.05, 0) is 26.0 Å².